The molecule has 0 radical (unpaired) electrons. The van der Waals surface area contributed by atoms with Crippen LogP contribution in [-0.2, 0) is 0 Å². The van der Waals surface area contributed by atoms with Crippen LogP contribution in [0.25, 0.3) is 5.52 Å². The van der Waals surface area contributed by atoms with E-state index in [9.17, 15) is 0 Å². The van der Waals surface area contributed by atoms with Gasteiger partial charge in [0.2, 0.25) is 0 Å². The summed E-state index contributed by atoms with van der Waals surface area (Å²) in [7, 11) is 0. The van der Waals surface area contributed by atoms with Gasteiger partial charge in [0.1, 0.15) is 11.8 Å². The Kier molecular flexibility index (Phi) is 2.11. The van der Waals surface area contributed by atoms with Gasteiger partial charge in [-0.3, -0.25) is 0 Å². The Hall–Kier alpha value is -1.58. The summed E-state index contributed by atoms with van der Waals surface area (Å²) in [5, 5.41) is 4.20. The van der Waals surface area contributed by atoms with E-state index in [1.165, 1.54) is 12.0 Å². The van der Waals surface area contributed by atoms with Crippen LogP contribution >= 0.6 is 0 Å². The van der Waals surface area contributed by atoms with Gasteiger partial charge in [0.05, 0.1) is 0 Å². The van der Waals surface area contributed by atoms with Crippen molar-refractivity contribution in [1.29, 1.82) is 0 Å². The molecule has 74 valence electrons. The van der Waals surface area contributed by atoms with Crippen LogP contribution in [0.5, 0.6) is 0 Å². The number of fused-ring (bicyclic) bond motifs is 1. The van der Waals surface area contributed by atoms with Crippen molar-refractivity contribution in [3.05, 3.63) is 24.2 Å². The molecule has 0 bridgehead atoms. The molecule has 0 aromatic carbocycles. The Morgan fingerprint density at radius 2 is 2.29 bits per heavy atom. The zero-order chi connectivity index (χ0) is 10.1. The van der Waals surface area contributed by atoms with E-state index in [0.29, 0.717) is 11.7 Å². The summed E-state index contributed by atoms with van der Waals surface area (Å²) in [6.45, 7) is 4.34. The molecule has 1 unspecified atom stereocenters. The van der Waals surface area contributed by atoms with Gasteiger partial charge in [-0.05, 0) is 24.5 Å². The zero-order valence-corrected chi connectivity index (χ0v) is 8.44. The number of rotatable bonds is 2. The first-order valence-corrected chi connectivity index (χ1v) is 4.82. The molecule has 2 N–H and O–H groups in total. The Balaban J connectivity index is 2.63. The van der Waals surface area contributed by atoms with E-state index in [2.05, 4.69) is 30.0 Å². The summed E-state index contributed by atoms with van der Waals surface area (Å²) in [5.41, 5.74) is 7.82. The fourth-order valence-corrected chi connectivity index (χ4v) is 1.56. The lowest BCUT2D eigenvalue weighted by Crippen LogP contribution is -2.03. The van der Waals surface area contributed by atoms with Crippen LogP contribution in [0.2, 0.25) is 0 Å². The summed E-state index contributed by atoms with van der Waals surface area (Å²) in [4.78, 5) is 3.95. The molecule has 2 rings (SSSR count). The predicted molar refractivity (Wildman–Crippen MR) is 56.1 cm³/mol. The van der Waals surface area contributed by atoms with Gasteiger partial charge in [0.25, 0.3) is 0 Å². The normalized spacial score (nSPS) is 13.3. The van der Waals surface area contributed by atoms with Crippen molar-refractivity contribution >= 4 is 11.3 Å². The van der Waals surface area contributed by atoms with E-state index < -0.39 is 0 Å². The molecule has 0 amide bonds. The van der Waals surface area contributed by atoms with Crippen LogP contribution < -0.4 is 5.73 Å². The third kappa shape index (κ3) is 1.23. The van der Waals surface area contributed by atoms with Crippen molar-refractivity contribution in [3.63, 3.8) is 0 Å². The van der Waals surface area contributed by atoms with Gasteiger partial charge in [-0.15, -0.1) is 0 Å². The molecule has 14 heavy (non-hydrogen) atoms. The minimum absolute atomic E-state index is 0.492. The summed E-state index contributed by atoms with van der Waals surface area (Å²) in [6.07, 6.45) is 2.59. The third-order valence-electron chi connectivity index (χ3n) is 2.63. The van der Waals surface area contributed by atoms with Crippen molar-refractivity contribution in [2.24, 2.45) is 0 Å². The first-order chi connectivity index (χ1) is 6.74. The average molecular weight is 190 g/mol. The number of nitrogens with two attached hydrogens (primary N) is 1. The minimum Gasteiger partial charge on any atom is -0.382 e. The molecular weight excluding hydrogens is 176 g/mol. The lowest BCUT2D eigenvalue weighted by Gasteiger charge is -2.07. The van der Waals surface area contributed by atoms with Crippen LogP contribution in [0.1, 0.15) is 31.9 Å². The minimum atomic E-state index is 0.492. The maximum absolute atomic E-state index is 5.74. The first-order valence-electron chi connectivity index (χ1n) is 4.82. The second-order valence-electron chi connectivity index (χ2n) is 3.51. The molecule has 4 heteroatoms. The number of nitrogen functional groups attached to an aromatic ring is 1. The van der Waals surface area contributed by atoms with E-state index in [4.69, 9.17) is 5.73 Å². The molecule has 2 aromatic rings. The second kappa shape index (κ2) is 3.29. The zero-order valence-electron chi connectivity index (χ0n) is 8.44. The van der Waals surface area contributed by atoms with Crippen molar-refractivity contribution in [1.82, 2.24) is 14.6 Å². The Morgan fingerprint density at radius 3 is 3.00 bits per heavy atom. The average Bonchev–Trinajstić information content (AvgIpc) is 2.62. The smallest absolute Gasteiger partial charge is 0.151 e. The van der Waals surface area contributed by atoms with E-state index in [0.717, 1.165) is 11.9 Å². The summed E-state index contributed by atoms with van der Waals surface area (Å²) >= 11 is 0. The Bertz CT molecular complexity index is 446. The van der Waals surface area contributed by atoms with Gasteiger partial charge >= 0.3 is 0 Å². The molecule has 0 aliphatic carbocycles. The molecule has 4 nitrogen and oxygen atoms in total. The second-order valence-corrected chi connectivity index (χ2v) is 3.51. The number of nitrogens with zero attached hydrogens (tertiary/aromatic N) is 3. The van der Waals surface area contributed by atoms with Gasteiger partial charge in [0, 0.05) is 5.69 Å². The highest BCUT2D eigenvalue weighted by Gasteiger charge is 2.10. The molecule has 1 atom stereocenters. The molecule has 0 aliphatic rings. The summed E-state index contributed by atoms with van der Waals surface area (Å²) in [5.74, 6) is 1.03. The van der Waals surface area contributed by atoms with Gasteiger partial charge in [-0.1, -0.05) is 13.8 Å². The SMILES string of the molecule is CCC(C)c1ccc2c(N)ncnn12. The van der Waals surface area contributed by atoms with Crippen molar-refractivity contribution in [3.8, 4) is 0 Å². The summed E-state index contributed by atoms with van der Waals surface area (Å²) < 4.78 is 1.87. The van der Waals surface area contributed by atoms with Crippen molar-refractivity contribution < 1.29 is 0 Å². The number of aromatic nitrogens is 3. The maximum atomic E-state index is 5.74. The van der Waals surface area contributed by atoms with E-state index in [1.807, 2.05) is 10.6 Å². The molecule has 0 saturated heterocycles. The standard InChI is InChI=1S/C10H14N4/c1-3-7(2)8-4-5-9-10(11)12-6-13-14(8)9/h4-7H,3H2,1-2H3,(H2,11,12,13). The molecule has 2 aromatic heterocycles. The number of anilines is 1. The molecule has 0 aliphatic heterocycles. The number of hydrogen-bond acceptors (Lipinski definition) is 3. The largest absolute Gasteiger partial charge is 0.382 e. The Labute approximate surface area is 82.8 Å². The highest BCUT2D eigenvalue weighted by Crippen LogP contribution is 2.22. The summed E-state index contributed by atoms with van der Waals surface area (Å²) in [6, 6.07) is 4.03. The first kappa shape index (κ1) is 8.99. The Morgan fingerprint density at radius 1 is 1.50 bits per heavy atom. The molecule has 2 heterocycles. The van der Waals surface area contributed by atoms with Crippen LogP contribution in [0.4, 0.5) is 5.82 Å². The lowest BCUT2D eigenvalue weighted by atomic mass is 10.1. The van der Waals surface area contributed by atoms with E-state index in [-0.39, 0.29) is 0 Å². The quantitative estimate of drug-likeness (QED) is 0.785. The van der Waals surface area contributed by atoms with E-state index in [1.54, 1.807) is 0 Å². The topological polar surface area (TPSA) is 56.2 Å². The lowest BCUT2D eigenvalue weighted by molar-refractivity contribution is 0.675. The fourth-order valence-electron chi connectivity index (χ4n) is 1.56. The maximum Gasteiger partial charge on any atom is 0.151 e. The molecule has 0 saturated carbocycles. The monoisotopic (exact) mass is 190 g/mol. The van der Waals surface area contributed by atoms with Gasteiger partial charge < -0.3 is 5.73 Å². The van der Waals surface area contributed by atoms with Crippen LogP contribution in [0.3, 0.4) is 0 Å². The third-order valence-corrected chi connectivity index (χ3v) is 2.63. The van der Waals surface area contributed by atoms with Crippen LogP contribution in [0, 0.1) is 0 Å². The van der Waals surface area contributed by atoms with Crippen molar-refractivity contribution in [2.75, 3.05) is 5.73 Å². The van der Waals surface area contributed by atoms with E-state index >= 15 is 0 Å². The highest BCUT2D eigenvalue weighted by molar-refractivity contribution is 5.65. The van der Waals surface area contributed by atoms with Gasteiger partial charge in [-0.25, -0.2) is 9.50 Å². The van der Waals surface area contributed by atoms with Gasteiger partial charge in [0.15, 0.2) is 5.82 Å². The predicted octanol–water partition coefficient (Wildman–Crippen LogP) is 1.82. The highest BCUT2D eigenvalue weighted by atomic mass is 15.3. The molecular formula is C10H14N4. The molecule has 0 spiro atoms. The number of hydrogen-bond donors (Lipinski definition) is 1. The van der Waals surface area contributed by atoms with Gasteiger partial charge in [-0.2, -0.15) is 5.10 Å². The van der Waals surface area contributed by atoms with Crippen LogP contribution in [0.15, 0.2) is 18.5 Å². The van der Waals surface area contributed by atoms with Crippen LogP contribution in [-0.4, -0.2) is 14.6 Å². The van der Waals surface area contributed by atoms with Crippen molar-refractivity contribution in [2.45, 2.75) is 26.2 Å². The molecule has 0 fully saturated rings. The fraction of sp³-hybridized carbons (Fsp3) is 0.400.